The van der Waals surface area contributed by atoms with Crippen LogP contribution in [0.3, 0.4) is 0 Å². The van der Waals surface area contributed by atoms with Crippen molar-refractivity contribution in [3.63, 3.8) is 0 Å². The molecule has 3 heteroatoms. The second kappa shape index (κ2) is 5.57. The molecule has 0 fully saturated rings. The molecule has 0 aliphatic rings. The monoisotopic (exact) mass is 257 g/mol. The van der Waals surface area contributed by atoms with Crippen molar-refractivity contribution in [2.24, 2.45) is 0 Å². The van der Waals surface area contributed by atoms with Crippen LogP contribution in [-0.4, -0.2) is 17.0 Å². The second-order valence-corrected chi connectivity index (χ2v) is 5.92. The first-order chi connectivity index (χ1) is 9.02. The summed E-state index contributed by atoms with van der Waals surface area (Å²) in [7, 11) is 2.01. The molecule has 3 nitrogen and oxygen atoms in total. The lowest BCUT2D eigenvalue weighted by atomic mass is 9.81. The summed E-state index contributed by atoms with van der Waals surface area (Å²) in [6.07, 6.45) is 4.55. The van der Waals surface area contributed by atoms with Crippen LogP contribution in [0.15, 0.2) is 36.7 Å². The average molecular weight is 257 g/mol. The highest BCUT2D eigenvalue weighted by molar-refractivity contribution is 5.35. The quantitative estimate of drug-likeness (QED) is 0.883. The van der Waals surface area contributed by atoms with E-state index in [1.54, 1.807) is 6.20 Å². The van der Waals surface area contributed by atoms with Gasteiger partial charge >= 0.3 is 0 Å². The van der Waals surface area contributed by atoms with Gasteiger partial charge in [0.05, 0.1) is 0 Å². The van der Waals surface area contributed by atoms with Crippen LogP contribution < -0.4 is 5.32 Å². The molecule has 2 aromatic rings. The molecule has 19 heavy (non-hydrogen) atoms. The highest BCUT2D eigenvalue weighted by Gasteiger charge is 2.22. The van der Waals surface area contributed by atoms with E-state index in [9.17, 15) is 0 Å². The van der Waals surface area contributed by atoms with E-state index in [4.69, 9.17) is 0 Å². The Balaban J connectivity index is 2.33. The number of aromatic nitrogens is 2. The van der Waals surface area contributed by atoms with E-state index < -0.39 is 0 Å². The number of H-pyrrole nitrogens is 1. The van der Waals surface area contributed by atoms with E-state index in [0.717, 1.165) is 12.2 Å². The van der Waals surface area contributed by atoms with Crippen molar-refractivity contribution >= 4 is 0 Å². The third kappa shape index (κ3) is 3.24. The predicted molar refractivity (Wildman–Crippen MR) is 79.2 cm³/mol. The number of likely N-dealkylation sites (N-methyl/N-ethyl adjacent to an activating group) is 1. The van der Waals surface area contributed by atoms with Gasteiger partial charge in [0.1, 0.15) is 5.82 Å². The average Bonchev–Trinajstić information content (AvgIpc) is 2.88. The summed E-state index contributed by atoms with van der Waals surface area (Å²) >= 11 is 0. The normalized spacial score (nSPS) is 13.5. The van der Waals surface area contributed by atoms with Crippen LogP contribution in [-0.2, 0) is 11.8 Å². The molecule has 0 saturated heterocycles. The third-order valence-electron chi connectivity index (χ3n) is 3.45. The largest absolute Gasteiger partial charge is 0.349 e. The van der Waals surface area contributed by atoms with Crippen molar-refractivity contribution in [3.8, 4) is 0 Å². The Labute approximate surface area is 115 Å². The van der Waals surface area contributed by atoms with Gasteiger partial charge in [-0.25, -0.2) is 4.98 Å². The zero-order valence-corrected chi connectivity index (χ0v) is 12.2. The molecule has 0 bridgehead atoms. The summed E-state index contributed by atoms with van der Waals surface area (Å²) in [5, 5.41) is 3.41. The molecular formula is C16H23N3. The van der Waals surface area contributed by atoms with E-state index in [1.165, 1.54) is 11.1 Å². The van der Waals surface area contributed by atoms with Gasteiger partial charge in [-0.3, -0.25) is 0 Å². The second-order valence-electron chi connectivity index (χ2n) is 5.92. The number of benzene rings is 1. The lowest BCUT2D eigenvalue weighted by Gasteiger charge is -2.27. The lowest BCUT2D eigenvalue weighted by Crippen LogP contribution is -2.24. The van der Waals surface area contributed by atoms with Gasteiger partial charge in [0, 0.05) is 24.9 Å². The molecule has 2 rings (SSSR count). The molecule has 1 aromatic heterocycles. The van der Waals surface area contributed by atoms with Crippen molar-refractivity contribution in [1.82, 2.24) is 15.3 Å². The Hall–Kier alpha value is -1.61. The van der Waals surface area contributed by atoms with Gasteiger partial charge in [-0.2, -0.15) is 0 Å². The summed E-state index contributed by atoms with van der Waals surface area (Å²) in [6.45, 7) is 6.77. The van der Waals surface area contributed by atoms with Gasteiger partial charge in [0.2, 0.25) is 0 Å². The molecule has 1 aromatic carbocycles. The summed E-state index contributed by atoms with van der Waals surface area (Å²) in [4.78, 5) is 7.50. The van der Waals surface area contributed by atoms with Crippen LogP contribution in [0.5, 0.6) is 0 Å². The molecule has 0 amide bonds. The van der Waals surface area contributed by atoms with E-state index in [2.05, 4.69) is 60.3 Å². The Morgan fingerprint density at radius 3 is 2.58 bits per heavy atom. The Morgan fingerprint density at radius 1 is 1.26 bits per heavy atom. The minimum atomic E-state index is 0.148. The van der Waals surface area contributed by atoms with Gasteiger partial charge in [-0.15, -0.1) is 0 Å². The number of rotatable bonds is 4. The molecule has 1 unspecified atom stereocenters. The maximum absolute atomic E-state index is 4.33. The fourth-order valence-corrected chi connectivity index (χ4v) is 2.45. The standard InChI is InChI=1S/C16H23N3/c1-16(2,3)13-8-6-5-7-12(13)14(17-4)11-15-18-9-10-19-15/h5-10,14,17H,11H2,1-4H3,(H,18,19). The highest BCUT2D eigenvalue weighted by Crippen LogP contribution is 2.30. The number of nitrogens with one attached hydrogen (secondary N) is 2. The van der Waals surface area contributed by atoms with Crippen molar-refractivity contribution in [1.29, 1.82) is 0 Å². The SMILES string of the molecule is CNC(Cc1ncc[nH]1)c1ccccc1C(C)(C)C. The molecule has 0 spiro atoms. The first kappa shape index (κ1) is 13.8. The number of aromatic amines is 1. The highest BCUT2D eigenvalue weighted by atomic mass is 14.9. The Kier molecular flexibility index (Phi) is 4.05. The van der Waals surface area contributed by atoms with E-state index in [-0.39, 0.29) is 11.5 Å². The van der Waals surface area contributed by atoms with Crippen LogP contribution in [0.4, 0.5) is 0 Å². The van der Waals surface area contributed by atoms with Crippen molar-refractivity contribution in [2.75, 3.05) is 7.05 Å². The summed E-state index contributed by atoms with van der Waals surface area (Å²) in [5.74, 6) is 1.02. The maximum atomic E-state index is 4.33. The van der Waals surface area contributed by atoms with Gasteiger partial charge in [-0.1, -0.05) is 45.0 Å². The molecule has 1 heterocycles. The smallest absolute Gasteiger partial charge is 0.107 e. The van der Waals surface area contributed by atoms with Gasteiger partial charge in [0.15, 0.2) is 0 Å². The first-order valence-electron chi connectivity index (χ1n) is 6.77. The number of imidazole rings is 1. The fraction of sp³-hybridized carbons (Fsp3) is 0.438. The van der Waals surface area contributed by atoms with Crippen molar-refractivity contribution in [3.05, 3.63) is 53.6 Å². The maximum Gasteiger partial charge on any atom is 0.107 e. The van der Waals surface area contributed by atoms with Gasteiger partial charge in [0.25, 0.3) is 0 Å². The van der Waals surface area contributed by atoms with Gasteiger partial charge in [-0.05, 0) is 23.6 Å². The van der Waals surface area contributed by atoms with Crippen LogP contribution in [0.1, 0.15) is 43.8 Å². The fourth-order valence-electron chi connectivity index (χ4n) is 2.45. The van der Waals surface area contributed by atoms with Crippen LogP contribution in [0.2, 0.25) is 0 Å². The minimum Gasteiger partial charge on any atom is -0.349 e. The van der Waals surface area contributed by atoms with Gasteiger partial charge < -0.3 is 10.3 Å². The Bertz CT molecular complexity index is 509. The first-order valence-corrected chi connectivity index (χ1v) is 6.77. The zero-order chi connectivity index (χ0) is 13.9. The summed E-state index contributed by atoms with van der Waals surface area (Å²) < 4.78 is 0. The van der Waals surface area contributed by atoms with Crippen LogP contribution in [0.25, 0.3) is 0 Å². The minimum absolute atomic E-state index is 0.148. The van der Waals surface area contributed by atoms with Crippen LogP contribution >= 0.6 is 0 Å². The molecule has 102 valence electrons. The molecular weight excluding hydrogens is 234 g/mol. The topological polar surface area (TPSA) is 40.7 Å². The van der Waals surface area contributed by atoms with E-state index in [1.807, 2.05) is 13.2 Å². The molecule has 0 radical (unpaired) electrons. The predicted octanol–water partition coefficient (Wildman–Crippen LogP) is 3.21. The zero-order valence-electron chi connectivity index (χ0n) is 12.2. The molecule has 0 aliphatic carbocycles. The third-order valence-corrected chi connectivity index (χ3v) is 3.45. The number of hydrogen-bond acceptors (Lipinski definition) is 2. The van der Waals surface area contributed by atoms with Crippen LogP contribution in [0, 0.1) is 0 Å². The number of nitrogens with zero attached hydrogens (tertiary/aromatic N) is 1. The van der Waals surface area contributed by atoms with E-state index >= 15 is 0 Å². The Morgan fingerprint density at radius 2 is 2.00 bits per heavy atom. The molecule has 2 N–H and O–H groups in total. The number of hydrogen-bond donors (Lipinski definition) is 2. The van der Waals surface area contributed by atoms with Crippen molar-refractivity contribution < 1.29 is 0 Å². The van der Waals surface area contributed by atoms with Crippen molar-refractivity contribution in [2.45, 2.75) is 38.6 Å². The summed E-state index contributed by atoms with van der Waals surface area (Å²) in [5.41, 5.74) is 2.89. The lowest BCUT2D eigenvalue weighted by molar-refractivity contribution is 0.533. The van der Waals surface area contributed by atoms with E-state index in [0.29, 0.717) is 0 Å². The molecule has 0 saturated carbocycles. The molecule has 1 atom stereocenters. The summed E-state index contributed by atoms with van der Waals surface area (Å²) in [6, 6.07) is 8.94. The molecule has 0 aliphatic heterocycles.